The van der Waals surface area contributed by atoms with Crippen molar-refractivity contribution >= 4 is 22.6 Å². The van der Waals surface area contributed by atoms with Gasteiger partial charge in [0.05, 0.1) is 5.56 Å². The summed E-state index contributed by atoms with van der Waals surface area (Å²) in [4.78, 5) is 11.7. The maximum Gasteiger partial charge on any atom is 0.221 e. The molecule has 0 spiro atoms. The van der Waals surface area contributed by atoms with Crippen LogP contribution in [0.2, 0.25) is 0 Å². The van der Waals surface area contributed by atoms with Gasteiger partial charge in [-0.1, -0.05) is 43.7 Å². The highest BCUT2D eigenvalue weighted by atomic mass is 32.2. The van der Waals surface area contributed by atoms with Gasteiger partial charge in [-0.05, 0) is 18.6 Å². The van der Waals surface area contributed by atoms with Crippen molar-refractivity contribution in [1.29, 1.82) is 0 Å². The average Bonchev–Trinajstić information content (AvgIpc) is 2.25. The number of hydrogen-bond donors (Lipinski definition) is 1. The number of nitrogen functional groups attached to an aromatic ring is 1. The van der Waals surface area contributed by atoms with Gasteiger partial charge in [-0.15, -0.1) is 0 Å². The van der Waals surface area contributed by atoms with Crippen LogP contribution in [0.4, 0.5) is 5.69 Å². The molecule has 3 heteroatoms. The Bertz CT molecular complexity index is 325. The molecule has 0 aromatic heterocycles. The Balaban J connectivity index is 2.44. The van der Waals surface area contributed by atoms with Crippen LogP contribution >= 0.6 is 11.8 Å². The quantitative estimate of drug-likeness (QED) is 0.615. The predicted molar refractivity (Wildman–Crippen MR) is 67.2 cm³/mol. The van der Waals surface area contributed by atoms with Gasteiger partial charge in [-0.2, -0.15) is 0 Å². The van der Waals surface area contributed by atoms with E-state index in [1.54, 1.807) is 12.1 Å². The molecule has 2 N–H and O–H groups in total. The summed E-state index contributed by atoms with van der Waals surface area (Å²) in [7, 11) is 0. The average molecular weight is 223 g/mol. The van der Waals surface area contributed by atoms with Gasteiger partial charge in [0.25, 0.3) is 0 Å². The Morgan fingerprint density at radius 2 is 2.07 bits per heavy atom. The molecule has 0 bridgehead atoms. The Morgan fingerprint density at radius 3 is 2.73 bits per heavy atom. The number of rotatable bonds is 5. The summed E-state index contributed by atoms with van der Waals surface area (Å²) < 4.78 is 0. The number of hydrogen-bond acceptors (Lipinski definition) is 3. The third-order valence-electron chi connectivity index (χ3n) is 2.16. The van der Waals surface area contributed by atoms with E-state index >= 15 is 0 Å². The first-order valence-corrected chi connectivity index (χ1v) is 6.26. The molecule has 0 amide bonds. The summed E-state index contributed by atoms with van der Waals surface area (Å²) in [6, 6.07) is 7.23. The van der Waals surface area contributed by atoms with Crippen LogP contribution in [-0.4, -0.2) is 10.9 Å². The highest BCUT2D eigenvalue weighted by molar-refractivity contribution is 8.14. The number of benzene rings is 1. The van der Waals surface area contributed by atoms with E-state index in [9.17, 15) is 4.79 Å². The van der Waals surface area contributed by atoms with Crippen LogP contribution in [0, 0.1) is 0 Å². The number of thioether (sulfide) groups is 1. The zero-order chi connectivity index (χ0) is 11.1. The van der Waals surface area contributed by atoms with Crippen LogP contribution in [0.3, 0.4) is 0 Å². The molecule has 0 fully saturated rings. The van der Waals surface area contributed by atoms with E-state index in [1.165, 1.54) is 24.6 Å². The normalized spacial score (nSPS) is 10.2. The molecule has 0 saturated heterocycles. The Labute approximate surface area is 95.2 Å². The summed E-state index contributed by atoms with van der Waals surface area (Å²) in [6.45, 7) is 2.15. The molecule has 0 aliphatic carbocycles. The molecule has 1 rings (SSSR count). The number of para-hydroxylation sites is 1. The number of carbonyl (C=O) groups excluding carboxylic acids is 1. The van der Waals surface area contributed by atoms with Crippen molar-refractivity contribution in [3.05, 3.63) is 29.8 Å². The highest BCUT2D eigenvalue weighted by Crippen LogP contribution is 2.19. The second-order valence-electron chi connectivity index (χ2n) is 3.43. The monoisotopic (exact) mass is 223 g/mol. The summed E-state index contributed by atoms with van der Waals surface area (Å²) in [5, 5.41) is 0.0872. The van der Waals surface area contributed by atoms with Crippen LogP contribution in [0.15, 0.2) is 24.3 Å². The minimum absolute atomic E-state index is 0.0872. The van der Waals surface area contributed by atoms with Crippen molar-refractivity contribution in [2.75, 3.05) is 11.5 Å². The second-order valence-corrected chi connectivity index (χ2v) is 4.50. The van der Waals surface area contributed by atoms with Crippen LogP contribution in [0.5, 0.6) is 0 Å². The van der Waals surface area contributed by atoms with Crippen LogP contribution in [-0.2, 0) is 0 Å². The first kappa shape index (κ1) is 12.1. The highest BCUT2D eigenvalue weighted by Gasteiger charge is 2.08. The molecule has 0 aliphatic heterocycles. The lowest BCUT2D eigenvalue weighted by molar-refractivity contribution is 0.108. The molecule has 82 valence electrons. The Morgan fingerprint density at radius 1 is 1.33 bits per heavy atom. The predicted octanol–water partition coefficient (Wildman–Crippen LogP) is 3.33. The SMILES string of the molecule is CCCCCSC(=O)c1ccccc1N. The molecule has 1 aromatic carbocycles. The number of nitrogens with two attached hydrogens (primary N) is 1. The fraction of sp³-hybridized carbons (Fsp3) is 0.417. The third-order valence-corrected chi connectivity index (χ3v) is 3.14. The molecule has 0 aliphatic rings. The van der Waals surface area contributed by atoms with Crippen molar-refractivity contribution in [1.82, 2.24) is 0 Å². The van der Waals surface area contributed by atoms with Crippen LogP contribution in [0.25, 0.3) is 0 Å². The van der Waals surface area contributed by atoms with E-state index in [1.807, 2.05) is 12.1 Å². The van der Waals surface area contributed by atoms with Gasteiger partial charge >= 0.3 is 0 Å². The van der Waals surface area contributed by atoms with E-state index in [2.05, 4.69) is 6.92 Å². The zero-order valence-electron chi connectivity index (χ0n) is 9.03. The summed E-state index contributed by atoms with van der Waals surface area (Å²) in [5.74, 6) is 0.890. The number of carbonyl (C=O) groups is 1. The van der Waals surface area contributed by atoms with Crippen LogP contribution in [0.1, 0.15) is 36.5 Å². The number of unbranched alkanes of at least 4 members (excludes halogenated alkanes) is 2. The van der Waals surface area contributed by atoms with E-state index in [4.69, 9.17) is 5.73 Å². The van der Waals surface area contributed by atoms with Gasteiger partial charge < -0.3 is 5.73 Å². The Kier molecular flexibility index (Phi) is 5.26. The van der Waals surface area contributed by atoms with Gasteiger partial charge in [-0.3, -0.25) is 4.79 Å². The van der Waals surface area contributed by atoms with Gasteiger partial charge in [-0.25, -0.2) is 0 Å². The van der Waals surface area contributed by atoms with E-state index in [0.717, 1.165) is 12.2 Å². The molecule has 1 aromatic rings. The summed E-state index contributed by atoms with van der Waals surface area (Å²) in [6.07, 6.45) is 3.46. The lowest BCUT2D eigenvalue weighted by Gasteiger charge is -2.03. The van der Waals surface area contributed by atoms with Crippen LogP contribution < -0.4 is 5.73 Å². The lowest BCUT2D eigenvalue weighted by Crippen LogP contribution is -2.00. The summed E-state index contributed by atoms with van der Waals surface area (Å²) >= 11 is 1.36. The fourth-order valence-electron chi connectivity index (χ4n) is 1.28. The van der Waals surface area contributed by atoms with Crippen molar-refractivity contribution in [3.63, 3.8) is 0 Å². The smallest absolute Gasteiger partial charge is 0.221 e. The van der Waals surface area contributed by atoms with Gasteiger partial charge in [0.2, 0.25) is 5.12 Å². The summed E-state index contributed by atoms with van der Waals surface area (Å²) in [5.41, 5.74) is 6.93. The maximum atomic E-state index is 11.7. The van der Waals surface area contributed by atoms with Crippen molar-refractivity contribution in [3.8, 4) is 0 Å². The van der Waals surface area contributed by atoms with E-state index in [0.29, 0.717) is 11.3 Å². The molecular formula is C12H17NOS. The molecule has 15 heavy (non-hydrogen) atoms. The molecule has 0 atom stereocenters. The molecule has 0 heterocycles. The number of anilines is 1. The topological polar surface area (TPSA) is 43.1 Å². The lowest BCUT2D eigenvalue weighted by atomic mass is 10.2. The second kappa shape index (κ2) is 6.51. The third kappa shape index (κ3) is 3.96. The minimum atomic E-state index is 0.0872. The van der Waals surface area contributed by atoms with E-state index in [-0.39, 0.29) is 5.12 Å². The maximum absolute atomic E-state index is 11.7. The van der Waals surface area contributed by atoms with Crippen molar-refractivity contribution in [2.45, 2.75) is 26.2 Å². The van der Waals surface area contributed by atoms with Gasteiger partial charge in [0.1, 0.15) is 0 Å². The molecule has 0 unspecified atom stereocenters. The van der Waals surface area contributed by atoms with Crippen molar-refractivity contribution < 1.29 is 4.79 Å². The van der Waals surface area contributed by atoms with Gasteiger partial charge in [0, 0.05) is 11.4 Å². The molecule has 2 nitrogen and oxygen atoms in total. The largest absolute Gasteiger partial charge is 0.398 e. The standard InChI is InChI=1S/C12H17NOS/c1-2-3-6-9-15-12(14)10-7-4-5-8-11(10)13/h4-5,7-8H,2-3,6,9,13H2,1H3. The zero-order valence-corrected chi connectivity index (χ0v) is 9.85. The molecule has 0 radical (unpaired) electrons. The van der Waals surface area contributed by atoms with Gasteiger partial charge in [0.15, 0.2) is 0 Å². The minimum Gasteiger partial charge on any atom is -0.398 e. The molecule has 0 saturated carbocycles. The first-order chi connectivity index (χ1) is 7.25. The van der Waals surface area contributed by atoms with E-state index < -0.39 is 0 Å². The van der Waals surface area contributed by atoms with Crippen molar-refractivity contribution in [2.24, 2.45) is 0 Å². The fourth-order valence-corrected chi connectivity index (χ4v) is 2.15. The molecular weight excluding hydrogens is 206 g/mol. The first-order valence-electron chi connectivity index (χ1n) is 5.27. The Hall–Kier alpha value is -0.960.